The molecular formula is C31H35N3O3SSi. The van der Waals surface area contributed by atoms with E-state index in [4.69, 9.17) is 4.74 Å². The number of rotatable bonds is 8. The van der Waals surface area contributed by atoms with Crippen molar-refractivity contribution in [1.29, 1.82) is 0 Å². The van der Waals surface area contributed by atoms with Crippen LogP contribution < -0.4 is 10.1 Å². The number of aromatic nitrogens is 1. The summed E-state index contributed by atoms with van der Waals surface area (Å²) in [5, 5.41) is 14.5. The zero-order chi connectivity index (χ0) is 27.3. The maximum absolute atomic E-state index is 13.7. The summed E-state index contributed by atoms with van der Waals surface area (Å²) in [6.45, 7) is 4.89. The van der Waals surface area contributed by atoms with Gasteiger partial charge < -0.3 is 20.1 Å². The quantitative estimate of drug-likeness (QED) is 0.312. The first-order valence-corrected chi connectivity index (χ1v) is 15.7. The predicted octanol–water partition coefficient (Wildman–Crippen LogP) is 4.52. The van der Waals surface area contributed by atoms with Gasteiger partial charge >= 0.3 is 0 Å². The van der Waals surface area contributed by atoms with Gasteiger partial charge in [0.1, 0.15) is 5.75 Å². The average Bonchev–Trinajstić information content (AvgIpc) is 3.50. The summed E-state index contributed by atoms with van der Waals surface area (Å²) in [6, 6.07) is 18.7. The number of benzene rings is 2. The molecule has 0 bridgehead atoms. The number of thiophene rings is 1. The molecule has 2 N–H and O–H groups in total. The molecule has 1 amide bonds. The molecule has 1 aliphatic heterocycles. The van der Waals surface area contributed by atoms with Gasteiger partial charge in [0.15, 0.2) is 0 Å². The third-order valence-corrected chi connectivity index (χ3v) is 10.6. The van der Waals surface area contributed by atoms with E-state index < -0.39 is 11.6 Å². The first-order chi connectivity index (χ1) is 18.7. The number of hydrogen-bond acceptors (Lipinski definition) is 6. The van der Waals surface area contributed by atoms with Gasteiger partial charge in [-0.3, -0.25) is 9.78 Å². The van der Waals surface area contributed by atoms with Crippen LogP contribution in [0.4, 0.5) is 0 Å². The van der Waals surface area contributed by atoms with Crippen LogP contribution in [0, 0.1) is 6.92 Å². The molecule has 4 aromatic rings. The van der Waals surface area contributed by atoms with Crippen LogP contribution in [0.1, 0.15) is 58.7 Å². The van der Waals surface area contributed by atoms with Gasteiger partial charge in [0, 0.05) is 32.9 Å². The summed E-state index contributed by atoms with van der Waals surface area (Å²) >= 11 is 1.59. The van der Waals surface area contributed by atoms with Crippen LogP contribution in [0.15, 0.2) is 60.8 Å². The Morgan fingerprint density at radius 3 is 2.72 bits per heavy atom. The van der Waals surface area contributed by atoms with Gasteiger partial charge in [-0.15, -0.1) is 11.3 Å². The number of pyridine rings is 1. The topological polar surface area (TPSA) is 74.7 Å². The fourth-order valence-electron chi connectivity index (χ4n) is 5.67. The van der Waals surface area contributed by atoms with Crippen molar-refractivity contribution in [1.82, 2.24) is 15.2 Å². The highest BCUT2D eigenvalue weighted by atomic mass is 32.1. The highest BCUT2D eigenvalue weighted by Crippen LogP contribution is 2.49. The third-order valence-electron chi connectivity index (χ3n) is 8.32. The Hall–Kier alpha value is -3.04. The van der Waals surface area contributed by atoms with Crippen LogP contribution in [-0.4, -0.2) is 56.5 Å². The van der Waals surface area contributed by atoms with Gasteiger partial charge in [-0.05, 0) is 106 Å². The summed E-state index contributed by atoms with van der Waals surface area (Å²) < 4.78 is 6.32. The molecule has 2 aromatic carbocycles. The lowest BCUT2D eigenvalue weighted by molar-refractivity contribution is 0.0562. The highest BCUT2D eigenvalue weighted by molar-refractivity contribution is 7.15. The van der Waals surface area contributed by atoms with Crippen molar-refractivity contribution in [2.45, 2.75) is 56.5 Å². The number of fused-ring (bicyclic) bond motifs is 1. The van der Waals surface area contributed by atoms with Gasteiger partial charge in [-0.25, -0.2) is 0 Å². The Morgan fingerprint density at radius 2 is 2.05 bits per heavy atom. The summed E-state index contributed by atoms with van der Waals surface area (Å²) in [5.74, 6) is 0.690. The number of aliphatic hydroxyl groups excluding tert-OH is 1. The number of hydrogen-bond donors (Lipinski definition) is 2. The van der Waals surface area contributed by atoms with Crippen molar-refractivity contribution in [3.63, 3.8) is 0 Å². The van der Waals surface area contributed by atoms with Crippen molar-refractivity contribution in [3.8, 4) is 16.2 Å². The van der Waals surface area contributed by atoms with Crippen LogP contribution in [0.25, 0.3) is 21.3 Å². The third kappa shape index (κ3) is 5.02. The molecule has 1 aliphatic carbocycles. The van der Waals surface area contributed by atoms with E-state index in [2.05, 4.69) is 46.5 Å². The smallest absolute Gasteiger partial charge is 0.252 e. The molecule has 2 unspecified atom stereocenters. The number of carbonyl (C=O) groups excluding carboxylic acids is 1. The van der Waals surface area contributed by atoms with Crippen LogP contribution >= 0.6 is 11.3 Å². The SMILES string of the molecule is Cc1ccc(OC([SiH3])[C@@H]2CCN2C)cc1C(=O)NC1(c2cc(-c3ccc(C(C)O)s3)cc3ncccc23)CC1. The maximum Gasteiger partial charge on any atom is 0.252 e. The molecule has 0 radical (unpaired) electrons. The van der Waals surface area contributed by atoms with Crippen LogP contribution in [-0.2, 0) is 5.54 Å². The Kier molecular flexibility index (Phi) is 6.83. The average molecular weight is 558 g/mol. The molecule has 1 saturated carbocycles. The minimum absolute atomic E-state index is 0.0731. The number of likely N-dealkylation sites (N-methyl/N-ethyl adjacent to an activating group) is 1. The second kappa shape index (κ2) is 10.2. The lowest BCUT2D eigenvalue weighted by atomic mass is 9.95. The Balaban J connectivity index is 1.30. The highest BCUT2D eigenvalue weighted by Gasteiger charge is 2.47. The molecule has 2 aromatic heterocycles. The van der Waals surface area contributed by atoms with Crippen LogP contribution in [0.3, 0.4) is 0 Å². The van der Waals surface area contributed by atoms with E-state index in [0.29, 0.717) is 11.6 Å². The first kappa shape index (κ1) is 26.2. The molecule has 3 atom stereocenters. The normalized spacial score (nSPS) is 19.8. The standard InChI is InChI=1S/C31H35N3O3SSi/c1-18-6-7-21(37-30(39)26-10-14-34(26)3)17-23(18)29(36)33-31(11-12-31)24-15-20(16-25-22(24)5-4-13-32-25)28-9-8-27(38-28)19(2)35/h4-9,13,15-17,19,26,30,35H,10-12,14H2,1-3,39H3,(H,33,36)/t19?,26-,30?/m0/s1. The molecular weight excluding hydrogens is 523 g/mol. The molecule has 8 heteroatoms. The van der Waals surface area contributed by atoms with E-state index >= 15 is 0 Å². The molecule has 1 saturated heterocycles. The van der Waals surface area contributed by atoms with Crippen LogP contribution in [0.5, 0.6) is 5.75 Å². The van der Waals surface area contributed by atoms with E-state index in [0.717, 1.165) is 72.7 Å². The number of carbonyl (C=O) groups is 1. The summed E-state index contributed by atoms with van der Waals surface area (Å²) in [6.07, 6.45) is 4.23. The Bertz CT molecular complexity index is 1550. The van der Waals surface area contributed by atoms with E-state index in [1.54, 1.807) is 18.3 Å². The molecule has 39 heavy (non-hydrogen) atoms. The largest absolute Gasteiger partial charge is 0.494 e. The zero-order valence-corrected chi connectivity index (χ0v) is 25.7. The van der Waals surface area contributed by atoms with Crippen molar-refractivity contribution >= 4 is 38.4 Å². The molecule has 0 spiro atoms. The molecule has 2 fully saturated rings. The second-order valence-electron chi connectivity index (χ2n) is 11.1. The molecule has 6 rings (SSSR count). The minimum atomic E-state index is -0.501. The van der Waals surface area contributed by atoms with Crippen LogP contribution in [0.2, 0.25) is 0 Å². The lowest BCUT2D eigenvalue weighted by Crippen LogP contribution is -2.53. The first-order valence-electron chi connectivity index (χ1n) is 13.7. The van der Waals surface area contributed by atoms with Gasteiger partial charge in [0.2, 0.25) is 0 Å². The number of amides is 1. The van der Waals surface area contributed by atoms with E-state index in [9.17, 15) is 9.90 Å². The molecule has 202 valence electrons. The Morgan fingerprint density at radius 1 is 1.23 bits per heavy atom. The molecule has 6 nitrogen and oxygen atoms in total. The van der Waals surface area contributed by atoms with E-state index in [1.165, 1.54) is 6.42 Å². The summed E-state index contributed by atoms with van der Waals surface area (Å²) in [7, 11) is 3.08. The number of aliphatic hydroxyl groups is 1. The fourth-order valence-corrected chi connectivity index (χ4v) is 7.71. The molecule has 2 aliphatic rings. The van der Waals surface area contributed by atoms with Gasteiger partial charge in [-0.2, -0.15) is 0 Å². The van der Waals surface area contributed by atoms with E-state index in [1.807, 2.05) is 43.5 Å². The Labute approximate surface area is 236 Å². The number of ether oxygens (including phenoxy) is 1. The summed E-state index contributed by atoms with van der Waals surface area (Å²) in [4.78, 5) is 22.8. The van der Waals surface area contributed by atoms with Gasteiger partial charge in [0.25, 0.3) is 5.91 Å². The van der Waals surface area contributed by atoms with Gasteiger partial charge in [-0.1, -0.05) is 12.1 Å². The number of likely N-dealkylation sites (tertiary alicyclic amines) is 1. The lowest BCUT2D eigenvalue weighted by Gasteiger charge is -2.41. The predicted molar refractivity (Wildman–Crippen MR) is 161 cm³/mol. The second-order valence-corrected chi connectivity index (χ2v) is 13.4. The van der Waals surface area contributed by atoms with Crippen molar-refractivity contribution in [2.75, 3.05) is 13.6 Å². The molecule has 3 heterocycles. The zero-order valence-electron chi connectivity index (χ0n) is 22.9. The maximum atomic E-state index is 13.7. The van der Waals surface area contributed by atoms with Crippen molar-refractivity contribution < 1.29 is 14.6 Å². The van der Waals surface area contributed by atoms with Gasteiger partial charge in [0.05, 0.1) is 33.1 Å². The monoisotopic (exact) mass is 557 g/mol. The summed E-state index contributed by atoms with van der Waals surface area (Å²) in [5.41, 5.74) is 4.42. The van der Waals surface area contributed by atoms with Crippen molar-refractivity contribution in [3.05, 3.63) is 82.4 Å². The van der Waals surface area contributed by atoms with Crippen molar-refractivity contribution in [2.24, 2.45) is 0 Å². The number of nitrogens with zero attached hydrogens (tertiary/aromatic N) is 2. The number of aryl methyl sites for hydroxylation is 1. The number of nitrogens with one attached hydrogen (secondary N) is 1. The fraction of sp³-hybridized carbons (Fsp3) is 0.355. The minimum Gasteiger partial charge on any atom is -0.494 e. The van der Waals surface area contributed by atoms with E-state index in [-0.39, 0.29) is 11.6 Å².